The molecule has 0 unspecified atom stereocenters. The summed E-state index contributed by atoms with van der Waals surface area (Å²) in [5.41, 5.74) is 3.83. The van der Waals surface area contributed by atoms with Crippen LogP contribution in [0.4, 0.5) is 11.4 Å². The van der Waals surface area contributed by atoms with Gasteiger partial charge in [-0.2, -0.15) is 5.26 Å². The van der Waals surface area contributed by atoms with Crippen LogP contribution in [0.5, 0.6) is 0 Å². The number of rotatable bonds is 8. The summed E-state index contributed by atoms with van der Waals surface area (Å²) in [5.74, 6) is -0.452. The Balaban J connectivity index is 0.00000420. The molecule has 7 heteroatoms. The van der Waals surface area contributed by atoms with Gasteiger partial charge in [-0.1, -0.05) is 29.8 Å². The molecule has 2 N–H and O–H groups in total. The van der Waals surface area contributed by atoms with Gasteiger partial charge in [-0.15, -0.1) is 0 Å². The summed E-state index contributed by atoms with van der Waals surface area (Å²) < 4.78 is 0. The molecule has 0 aliphatic carbocycles. The molecule has 0 aliphatic rings. The Labute approximate surface area is 183 Å². The maximum atomic E-state index is 12.3. The van der Waals surface area contributed by atoms with E-state index >= 15 is 0 Å². The predicted molar refractivity (Wildman–Crippen MR) is 115 cm³/mol. The van der Waals surface area contributed by atoms with Gasteiger partial charge in [-0.3, -0.25) is 4.79 Å². The van der Waals surface area contributed by atoms with Crippen molar-refractivity contribution in [1.29, 1.82) is 5.26 Å². The van der Waals surface area contributed by atoms with Gasteiger partial charge in [-0.05, 0) is 56.2 Å². The van der Waals surface area contributed by atoms with Crippen LogP contribution in [0.15, 0.2) is 54.2 Å². The summed E-state index contributed by atoms with van der Waals surface area (Å²) in [6.07, 6.45) is 1.43. The topological polar surface area (TPSA) is 68.2 Å². The summed E-state index contributed by atoms with van der Waals surface area (Å²) >= 11 is 6.09. The van der Waals surface area contributed by atoms with Crippen LogP contribution in [-0.4, -0.2) is 19.0 Å². The van der Waals surface area contributed by atoms with Crippen molar-refractivity contribution in [3.63, 3.8) is 0 Å². The zero-order valence-corrected chi connectivity index (χ0v) is 18.3. The quantitative estimate of drug-likeness (QED) is 0.492. The highest BCUT2D eigenvalue weighted by Gasteiger charge is 2.10. The van der Waals surface area contributed by atoms with E-state index in [1.54, 1.807) is 6.07 Å². The van der Waals surface area contributed by atoms with E-state index in [0.29, 0.717) is 5.02 Å². The fraction of sp³-hybridized carbons (Fsp3) is 0.273. The van der Waals surface area contributed by atoms with Gasteiger partial charge in [-0.25, -0.2) is 0 Å². The second-order valence-electron chi connectivity index (χ2n) is 6.26. The molecule has 0 saturated heterocycles. The summed E-state index contributed by atoms with van der Waals surface area (Å²) in [6, 6.07) is 15.3. The number of nitrogens with one attached hydrogen (secondary N) is 2. The number of halogens is 2. The van der Waals surface area contributed by atoms with Crippen LogP contribution in [-0.2, 0) is 11.3 Å². The number of hydrogen-bond acceptors (Lipinski definition) is 4. The molecule has 2 aromatic rings. The Kier molecular flexibility index (Phi) is 10.1. The lowest BCUT2D eigenvalue weighted by Crippen LogP contribution is -3.00. The fourth-order valence-corrected chi connectivity index (χ4v) is 3.01. The zero-order valence-electron chi connectivity index (χ0n) is 16.8. The standard InChI is InChI=1S/C22H25ClN4O.ClH/c1-4-27(5-2)19-10-11-21(16(3)12-19)25-15-18(13-24)22(28)26-14-17-8-6-7-9-20(17)23;/h6-12,15,25H,4-5,14H2,1-3H3,(H,26,28);1H/p-1/b18-15-;. The predicted octanol–water partition coefficient (Wildman–Crippen LogP) is 1.63. The van der Waals surface area contributed by atoms with Crippen molar-refractivity contribution in [3.05, 3.63) is 70.4 Å². The van der Waals surface area contributed by atoms with Crippen molar-refractivity contribution in [2.24, 2.45) is 0 Å². The Morgan fingerprint density at radius 3 is 2.48 bits per heavy atom. The number of aryl methyl sites for hydroxylation is 1. The van der Waals surface area contributed by atoms with Crippen molar-refractivity contribution in [2.45, 2.75) is 27.3 Å². The maximum absolute atomic E-state index is 12.3. The van der Waals surface area contributed by atoms with Crippen molar-refractivity contribution < 1.29 is 17.2 Å². The van der Waals surface area contributed by atoms with Gasteiger partial charge in [0, 0.05) is 42.2 Å². The van der Waals surface area contributed by atoms with Gasteiger partial charge in [0.05, 0.1) is 0 Å². The second-order valence-corrected chi connectivity index (χ2v) is 6.67. The first-order valence-electron chi connectivity index (χ1n) is 9.24. The normalized spacial score (nSPS) is 10.5. The van der Waals surface area contributed by atoms with Crippen molar-refractivity contribution in [2.75, 3.05) is 23.3 Å². The van der Waals surface area contributed by atoms with E-state index in [-0.39, 0.29) is 24.5 Å². The minimum atomic E-state index is -0.452. The summed E-state index contributed by atoms with van der Waals surface area (Å²) in [5, 5.41) is 15.7. The molecule has 0 atom stereocenters. The minimum absolute atomic E-state index is 0. The SMILES string of the molecule is CCN(CC)c1ccc(N/C=C(/C#N)C(=O)NCc2ccccc2Cl)c(C)c1.[Cl-]. The summed E-state index contributed by atoms with van der Waals surface area (Å²) in [7, 11) is 0. The van der Waals surface area contributed by atoms with Gasteiger partial charge in [0.1, 0.15) is 11.6 Å². The Bertz CT molecular complexity index is 902. The summed E-state index contributed by atoms with van der Waals surface area (Å²) in [4.78, 5) is 14.6. The fourth-order valence-electron chi connectivity index (χ4n) is 2.81. The number of carbonyl (C=O) groups excluding carboxylic acids is 1. The van der Waals surface area contributed by atoms with Crippen molar-refractivity contribution in [3.8, 4) is 6.07 Å². The average Bonchev–Trinajstić information content (AvgIpc) is 2.70. The van der Waals surface area contributed by atoms with Crippen LogP contribution in [0.3, 0.4) is 0 Å². The van der Waals surface area contributed by atoms with Crippen LogP contribution < -0.4 is 27.9 Å². The number of carbonyl (C=O) groups is 1. The first-order chi connectivity index (χ1) is 13.5. The molecule has 0 spiro atoms. The molecule has 0 bridgehead atoms. The van der Waals surface area contributed by atoms with E-state index < -0.39 is 5.91 Å². The van der Waals surface area contributed by atoms with Gasteiger partial charge >= 0.3 is 0 Å². The van der Waals surface area contributed by atoms with Gasteiger partial charge in [0.25, 0.3) is 5.91 Å². The van der Waals surface area contributed by atoms with Gasteiger partial charge in [0.15, 0.2) is 0 Å². The lowest BCUT2D eigenvalue weighted by Gasteiger charge is -2.22. The van der Waals surface area contributed by atoms with E-state index in [4.69, 9.17) is 11.6 Å². The molecule has 1 amide bonds. The Morgan fingerprint density at radius 2 is 1.90 bits per heavy atom. The monoisotopic (exact) mass is 431 g/mol. The lowest BCUT2D eigenvalue weighted by atomic mass is 10.1. The number of anilines is 2. The van der Waals surface area contributed by atoms with Crippen LogP contribution in [0.25, 0.3) is 0 Å². The molecular formula is C22H25Cl2N4O-. The molecule has 0 radical (unpaired) electrons. The molecule has 29 heavy (non-hydrogen) atoms. The summed E-state index contributed by atoms with van der Waals surface area (Å²) in [6.45, 7) is 8.36. The highest BCUT2D eigenvalue weighted by atomic mass is 35.5. The van der Waals surface area contributed by atoms with E-state index in [2.05, 4.69) is 35.4 Å². The number of hydrogen-bond donors (Lipinski definition) is 2. The third-order valence-corrected chi connectivity index (χ3v) is 4.84. The van der Waals surface area contributed by atoms with E-state index in [0.717, 1.165) is 35.6 Å². The van der Waals surface area contributed by atoms with E-state index in [1.807, 2.05) is 43.3 Å². The molecule has 5 nitrogen and oxygen atoms in total. The van der Waals surface area contributed by atoms with Gasteiger partial charge in [0.2, 0.25) is 0 Å². The first kappa shape index (κ1) is 24.4. The highest BCUT2D eigenvalue weighted by molar-refractivity contribution is 6.31. The molecule has 0 aromatic heterocycles. The first-order valence-corrected chi connectivity index (χ1v) is 9.61. The zero-order chi connectivity index (χ0) is 20.5. The van der Waals surface area contributed by atoms with Gasteiger partial charge < -0.3 is 27.9 Å². The van der Waals surface area contributed by atoms with E-state index in [9.17, 15) is 10.1 Å². The lowest BCUT2D eigenvalue weighted by molar-refractivity contribution is -0.117. The molecule has 0 aliphatic heterocycles. The third-order valence-electron chi connectivity index (χ3n) is 4.47. The number of amides is 1. The average molecular weight is 432 g/mol. The molecular weight excluding hydrogens is 407 g/mol. The molecule has 2 aromatic carbocycles. The number of nitriles is 1. The largest absolute Gasteiger partial charge is 1.00 e. The minimum Gasteiger partial charge on any atom is -1.00 e. The molecule has 2 rings (SSSR count). The smallest absolute Gasteiger partial charge is 0.263 e. The highest BCUT2D eigenvalue weighted by Crippen LogP contribution is 2.23. The van der Waals surface area contributed by atoms with Crippen molar-refractivity contribution in [1.82, 2.24) is 5.32 Å². The van der Waals surface area contributed by atoms with Crippen LogP contribution in [0.2, 0.25) is 5.02 Å². The van der Waals surface area contributed by atoms with Crippen LogP contribution in [0.1, 0.15) is 25.0 Å². The molecule has 0 fully saturated rings. The van der Waals surface area contributed by atoms with Crippen molar-refractivity contribution >= 4 is 28.9 Å². The Morgan fingerprint density at radius 1 is 1.21 bits per heavy atom. The van der Waals surface area contributed by atoms with Crippen LogP contribution >= 0.6 is 11.6 Å². The maximum Gasteiger partial charge on any atom is 0.263 e. The van der Waals surface area contributed by atoms with Crippen LogP contribution in [0, 0.1) is 18.3 Å². The van der Waals surface area contributed by atoms with E-state index in [1.165, 1.54) is 6.20 Å². The molecule has 0 heterocycles. The number of benzene rings is 2. The molecule has 154 valence electrons. The Hall–Kier alpha value is -2.68. The second kappa shape index (κ2) is 12.0. The molecule has 0 saturated carbocycles. The number of nitrogens with zero attached hydrogens (tertiary/aromatic N) is 2. The third kappa shape index (κ3) is 6.70.